The largest absolute Gasteiger partial charge is 0.307 e. The van der Waals surface area contributed by atoms with Gasteiger partial charge in [0.15, 0.2) is 5.78 Å². The summed E-state index contributed by atoms with van der Waals surface area (Å²) in [5, 5.41) is 0. The summed E-state index contributed by atoms with van der Waals surface area (Å²) in [6, 6.07) is 18.5. The first kappa shape index (κ1) is 13.3. The average molecular weight is 277 g/mol. The monoisotopic (exact) mass is 277 g/mol. The second-order valence-electron chi connectivity index (χ2n) is 4.99. The minimum atomic E-state index is -0.239. The molecule has 21 heavy (non-hydrogen) atoms. The molecule has 0 radical (unpaired) electrons. The highest BCUT2D eigenvalue weighted by Crippen LogP contribution is 2.29. The van der Waals surface area contributed by atoms with Crippen molar-refractivity contribution in [2.75, 3.05) is 0 Å². The first-order valence-corrected chi connectivity index (χ1v) is 6.89. The third-order valence-electron chi connectivity index (χ3n) is 3.59. The van der Waals surface area contributed by atoms with Gasteiger partial charge >= 0.3 is 0 Å². The Hall–Kier alpha value is -2.68. The molecule has 0 aromatic heterocycles. The molecule has 3 heteroatoms. The van der Waals surface area contributed by atoms with Crippen molar-refractivity contribution in [2.24, 2.45) is 0 Å². The summed E-state index contributed by atoms with van der Waals surface area (Å²) < 4.78 is 0. The minimum Gasteiger partial charge on any atom is -0.307 e. The number of hydrogen-bond donors (Lipinski definition) is 0. The molecule has 0 spiro atoms. The van der Waals surface area contributed by atoms with E-state index in [1.54, 1.807) is 23.2 Å². The van der Waals surface area contributed by atoms with Crippen molar-refractivity contribution < 1.29 is 9.59 Å². The number of amides is 1. The number of hydrogen-bond acceptors (Lipinski definition) is 2. The van der Waals surface area contributed by atoms with Gasteiger partial charge in [-0.1, -0.05) is 48.5 Å². The molecule has 1 amide bonds. The van der Waals surface area contributed by atoms with Gasteiger partial charge in [-0.25, -0.2) is 0 Å². The van der Waals surface area contributed by atoms with Gasteiger partial charge in [0, 0.05) is 18.2 Å². The van der Waals surface area contributed by atoms with Crippen molar-refractivity contribution in [1.29, 1.82) is 0 Å². The lowest BCUT2D eigenvalue weighted by atomic mass is 9.96. The lowest BCUT2D eigenvalue weighted by molar-refractivity contribution is -0.116. The van der Waals surface area contributed by atoms with Crippen LogP contribution < -0.4 is 0 Å². The first-order chi connectivity index (χ1) is 10.3. The van der Waals surface area contributed by atoms with Crippen LogP contribution in [0.4, 0.5) is 0 Å². The smallest absolute Gasteiger partial charge is 0.258 e. The SMILES string of the molecule is O=C1C=CN(C(=O)c2ccccc2)C(c2ccccc2)C1. The molecule has 1 aliphatic heterocycles. The van der Waals surface area contributed by atoms with Gasteiger partial charge in [0.25, 0.3) is 5.91 Å². The molecular formula is C18H15NO2. The van der Waals surface area contributed by atoms with E-state index < -0.39 is 0 Å². The number of ketones is 1. The van der Waals surface area contributed by atoms with Crippen molar-refractivity contribution in [3.8, 4) is 0 Å². The molecule has 1 unspecified atom stereocenters. The number of nitrogens with zero attached hydrogens (tertiary/aromatic N) is 1. The zero-order valence-corrected chi connectivity index (χ0v) is 11.5. The molecule has 104 valence electrons. The number of benzene rings is 2. The molecule has 1 aliphatic rings. The lowest BCUT2D eigenvalue weighted by Crippen LogP contribution is -2.34. The summed E-state index contributed by atoms with van der Waals surface area (Å²) in [6.45, 7) is 0. The van der Waals surface area contributed by atoms with Gasteiger partial charge < -0.3 is 4.90 Å². The van der Waals surface area contributed by atoms with Crippen LogP contribution >= 0.6 is 0 Å². The van der Waals surface area contributed by atoms with Crippen LogP contribution in [0.3, 0.4) is 0 Å². The van der Waals surface area contributed by atoms with Gasteiger partial charge in [-0.3, -0.25) is 9.59 Å². The van der Waals surface area contributed by atoms with Gasteiger partial charge in [0.2, 0.25) is 0 Å². The van der Waals surface area contributed by atoms with Crippen LogP contribution in [0.2, 0.25) is 0 Å². The lowest BCUT2D eigenvalue weighted by Gasteiger charge is -2.31. The maximum absolute atomic E-state index is 12.7. The van der Waals surface area contributed by atoms with Gasteiger partial charge in [-0.15, -0.1) is 0 Å². The molecule has 0 bridgehead atoms. The zero-order valence-electron chi connectivity index (χ0n) is 11.5. The number of carbonyl (C=O) groups is 2. The van der Waals surface area contributed by atoms with E-state index in [9.17, 15) is 9.59 Å². The summed E-state index contributed by atoms with van der Waals surface area (Å²) in [6.07, 6.45) is 3.39. The standard InChI is InChI=1S/C18H15NO2/c20-16-11-12-19(18(21)15-9-5-2-6-10-15)17(13-16)14-7-3-1-4-8-14/h1-12,17H,13H2. The molecule has 1 heterocycles. The molecule has 0 N–H and O–H groups in total. The fraction of sp³-hybridized carbons (Fsp3) is 0.111. The van der Waals surface area contributed by atoms with Crippen molar-refractivity contribution in [3.63, 3.8) is 0 Å². The van der Waals surface area contributed by atoms with Crippen LogP contribution in [0.1, 0.15) is 28.4 Å². The fourth-order valence-electron chi connectivity index (χ4n) is 2.52. The van der Waals surface area contributed by atoms with Gasteiger partial charge in [-0.05, 0) is 23.8 Å². The summed E-state index contributed by atoms with van der Waals surface area (Å²) in [5.41, 5.74) is 1.59. The molecular weight excluding hydrogens is 262 g/mol. The zero-order chi connectivity index (χ0) is 14.7. The van der Waals surface area contributed by atoms with Gasteiger partial charge in [-0.2, -0.15) is 0 Å². The molecule has 2 aromatic rings. The van der Waals surface area contributed by atoms with Crippen molar-refractivity contribution in [3.05, 3.63) is 84.1 Å². The molecule has 3 nitrogen and oxygen atoms in total. The van der Waals surface area contributed by atoms with Gasteiger partial charge in [0.05, 0.1) is 6.04 Å². The van der Waals surface area contributed by atoms with Crippen LogP contribution in [0.5, 0.6) is 0 Å². The molecule has 0 saturated heterocycles. The van der Waals surface area contributed by atoms with E-state index in [1.807, 2.05) is 48.5 Å². The van der Waals surface area contributed by atoms with E-state index in [-0.39, 0.29) is 17.7 Å². The third kappa shape index (κ3) is 2.77. The van der Waals surface area contributed by atoms with Crippen molar-refractivity contribution in [1.82, 2.24) is 4.90 Å². The Morgan fingerprint density at radius 2 is 1.57 bits per heavy atom. The Morgan fingerprint density at radius 1 is 0.952 bits per heavy atom. The Labute approximate surface area is 123 Å². The van der Waals surface area contributed by atoms with Gasteiger partial charge in [0.1, 0.15) is 0 Å². The Balaban J connectivity index is 1.96. The summed E-state index contributed by atoms with van der Waals surface area (Å²) in [4.78, 5) is 26.0. The average Bonchev–Trinajstić information content (AvgIpc) is 2.56. The number of rotatable bonds is 2. The Kier molecular flexibility index (Phi) is 3.65. The minimum absolute atomic E-state index is 0.0426. The number of allylic oxidation sites excluding steroid dienone is 1. The Bertz CT molecular complexity index is 677. The number of carbonyl (C=O) groups excluding carboxylic acids is 2. The van der Waals surface area contributed by atoms with Crippen LogP contribution in [-0.4, -0.2) is 16.6 Å². The van der Waals surface area contributed by atoms with Crippen molar-refractivity contribution in [2.45, 2.75) is 12.5 Å². The first-order valence-electron chi connectivity index (χ1n) is 6.89. The highest BCUT2D eigenvalue weighted by atomic mass is 16.2. The summed E-state index contributed by atoms with van der Waals surface area (Å²) in [7, 11) is 0. The predicted octanol–water partition coefficient (Wildman–Crippen LogP) is 3.36. The van der Waals surface area contributed by atoms with E-state index in [0.29, 0.717) is 12.0 Å². The van der Waals surface area contributed by atoms with Crippen LogP contribution in [-0.2, 0) is 4.79 Å². The normalized spacial score (nSPS) is 17.8. The van der Waals surface area contributed by atoms with E-state index in [2.05, 4.69) is 0 Å². The van der Waals surface area contributed by atoms with E-state index in [1.165, 1.54) is 6.08 Å². The maximum atomic E-state index is 12.7. The summed E-state index contributed by atoms with van der Waals surface area (Å²) in [5.74, 6) is -0.0471. The molecule has 0 aliphatic carbocycles. The highest BCUT2D eigenvalue weighted by Gasteiger charge is 2.28. The Morgan fingerprint density at radius 3 is 2.24 bits per heavy atom. The molecule has 1 atom stereocenters. The fourth-order valence-corrected chi connectivity index (χ4v) is 2.52. The van der Waals surface area contributed by atoms with Crippen molar-refractivity contribution >= 4 is 11.7 Å². The predicted molar refractivity (Wildman–Crippen MR) is 80.6 cm³/mol. The highest BCUT2D eigenvalue weighted by molar-refractivity contribution is 5.98. The van der Waals surface area contributed by atoms with Crippen LogP contribution in [0.15, 0.2) is 72.9 Å². The van der Waals surface area contributed by atoms with E-state index in [0.717, 1.165) is 5.56 Å². The second-order valence-corrected chi connectivity index (χ2v) is 4.99. The topological polar surface area (TPSA) is 37.4 Å². The van der Waals surface area contributed by atoms with E-state index in [4.69, 9.17) is 0 Å². The molecule has 2 aromatic carbocycles. The molecule has 0 fully saturated rings. The summed E-state index contributed by atoms with van der Waals surface area (Å²) >= 11 is 0. The maximum Gasteiger partial charge on any atom is 0.258 e. The van der Waals surface area contributed by atoms with Crippen LogP contribution in [0, 0.1) is 0 Å². The van der Waals surface area contributed by atoms with E-state index >= 15 is 0 Å². The van der Waals surface area contributed by atoms with Crippen LogP contribution in [0.25, 0.3) is 0 Å². The quantitative estimate of drug-likeness (QED) is 0.844. The third-order valence-corrected chi connectivity index (χ3v) is 3.59. The molecule has 3 rings (SSSR count). The second kappa shape index (κ2) is 5.75. The molecule has 0 saturated carbocycles.